The van der Waals surface area contributed by atoms with E-state index in [1.54, 1.807) is 0 Å². The van der Waals surface area contributed by atoms with E-state index in [9.17, 15) is 0 Å². The molecule has 1 atom stereocenters. The molecule has 2 aliphatic rings. The van der Waals surface area contributed by atoms with Gasteiger partial charge in [-0.1, -0.05) is 36.8 Å². The Morgan fingerprint density at radius 2 is 2.00 bits per heavy atom. The molecular weight excluding hydrogens is 294 g/mol. The van der Waals surface area contributed by atoms with Crippen LogP contribution in [0.2, 0.25) is 0 Å². The topological polar surface area (TPSA) is 3.24 Å². The van der Waals surface area contributed by atoms with Gasteiger partial charge in [0.1, 0.15) is 0 Å². The van der Waals surface area contributed by atoms with E-state index in [1.807, 2.05) is 23.3 Å². The molecule has 1 saturated heterocycles. The zero-order valence-electron chi connectivity index (χ0n) is 12.4. The van der Waals surface area contributed by atoms with Crippen molar-refractivity contribution in [3.63, 3.8) is 0 Å². The van der Waals surface area contributed by atoms with E-state index >= 15 is 0 Å². The molecule has 1 aromatic heterocycles. The number of hydrogen-bond acceptors (Lipinski definition) is 3. The van der Waals surface area contributed by atoms with Crippen molar-refractivity contribution < 1.29 is 0 Å². The lowest BCUT2D eigenvalue weighted by atomic mass is 9.68. The second kappa shape index (κ2) is 5.45. The van der Waals surface area contributed by atoms with Crippen molar-refractivity contribution in [1.29, 1.82) is 0 Å². The first-order valence-corrected chi connectivity index (χ1v) is 9.48. The van der Waals surface area contributed by atoms with Gasteiger partial charge in [-0.05, 0) is 66.1 Å². The summed E-state index contributed by atoms with van der Waals surface area (Å²) < 4.78 is 4.05. The van der Waals surface area contributed by atoms with Gasteiger partial charge in [0.2, 0.25) is 0 Å². The van der Waals surface area contributed by atoms with Gasteiger partial charge in [0, 0.05) is 12.6 Å². The lowest BCUT2D eigenvalue weighted by Gasteiger charge is -2.38. The Hall–Kier alpha value is -0.770. The third-order valence-corrected chi connectivity index (χ3v) is 7.27. The average Bonchev–Trinajstić information content (AvgIpc) is 3.06. The second-order valence-corrected chi connectivity index (χ2v) is 8.85. The van der Waals surface area contributed by atoms with Crippen LogP contribution in [-0.4, -0.2) is 16.9 Å². The first-order valence-electron chi connectivity index (χ1n) is 7.83. The van der Waals surface area contributed by atoms with E-state index in [0.29, 0.717) is 5.41 Å². The third-order valence-electron chi connectivity index (χ3n) is 5.02. The fourth-order valence-corrected chi connectivity index (χ4v) is 5.95. The predicted octanol–water partition coefficient (Wildman–Crippen LogP) is 5.69. The first kappa shape index (κ1) is 13.9. The molecule has 4 rings (SSSR count). The van der Waals surface area contributed by atoms with Crippen molar-refractivity contribution in [1.82, 2.24) is 4.31 Å². The second-order valence-electron chi connectivity index (χ2n) is 6.59. The number of thiophene rings is 1. The molecule has 2 heterocycles. The monoisotopic (exact) mass is 315 g/mol. The molecule has 0 bridgehead atoms. The van der Waals surface area contributed by atoms with Gasteiger partial charge in [-0.3, -0.25) is 0 Å². The third kappa shape index (κ3) is 2.67. The highest BCUT2D eigenvalue weighted by Crippen LogP contribution is 2.52. The van der Waals surface area contributed by atoms with Crippen LogP contribution in [0.15, 0.2) is 46.0 Å². The predicted molar refractivity (Wildman–Crippen MR) is 92.7 cm³/mol. The van der Waals surface area contributed by atoms with Gasteiger partial charge in [0.05, 0.1) is 4.21 Å². The van der Waals surface area contributed by atoms with E-state index in [2.05, 4.69) is 53.0 Å². The van der Waals surface area contributed by atoms with Crippen molar-refractivity contribution in [3.05, 3.63) is 41.8 Å². The van der Waals surface area contributed by atoms with Gasteiger partial charge in [-0.25, -0.2) is 4.31 Å². The summed E-state index contributed by atoms with van der Waals surface area (Å²) in [6, 6.07) is 13.8. The van der Waals surface area contributed by atoms with Crippen molar-refractivity contribution in [3.8, 4) is 11.1 Å². The summed E-state index contributed by atoms with van der Waals surface area (Å²) in [7, 11) is 0. The molecule has 1 saturated carbocycles. The average molecular weight is 316 g/mol. The smallest absolute Gasteiger partial charge is 0.0760 e. The van der Waals surface area contributed by atoms with Crippen LogP contribution in [0.5, 0.6) is 0 Å². The SMILES string of the molecule is CC1CC2(CCC2)CN1Sc1cc(-c2ccccc2)cs1. The molecule has 110 valence electrons. The lowest BCUT2D eigenvalue weighted by molar-refractivity contribution is 0.154. The maximum atomic E-state index is 2.62. The summed E-state index contributed by atoms with van der Waals surface area (Å²) >= 11 is 3.86. The number of hydrogen-bond donors (Lipinski definition) is 0. The molecule has 3 heteroatoms. The fourth-order valence-electron chi connectivity index (χ4n) is 3.70. The van der Waals surface area contributed by atoms with Crippen LogP contribution in [0.25, 0.3) is 11.1 Å². The quantitative estimate of drug-likeness (QED) is 0.670. The highest BCUT2D eigenvalue weighted by molar-refractivity contribution is 7.99. The Labute approximate surface area is 135 Å². The summed E-state index contributed by atoms with van der Waals surface area (Å²) in [5, 5.41) is 2.29. The van der Waals surface area contributed by atoms with Crippen LogP contribution in [0.3, 0.4) is 0 Å². The molecule has 1 aromatic carbocycles. The molecule has 1 aliphatic heterocycles. The largest absolute Gasteiger partial charge is 0.242 e. The van der Waals surface area contributed by atoms with Crippen LogP contribution in [0.4, 0.5) is 0 Å². The minimum atomic E-state index is 0.673. The Bertz CT molecular complexity index is 615. The van der Waals surface area contributed by atoms with Crippen molar-refractivity contribution >= 4 is 23.3 Å². The van der Waals surface area contributed by atoms with Crippen LogP contribution in [-0.2, 0) is 0 Å². The Kier molecular flexibility index (Phi) is 3.60. The molecule has 1 spiro atoms. The zero-order chi connectivity index (χ0) is 14.3. The van der Waals surface area contributed by atoms with Crippen LogP contribution in [0.1, 0.15) is 32.6 Å². The molecule has 0 N–H and O–H groups in total. The van der Waals surface area contributed by atoms with Gasteiger partial charge >= 0.3 is 0 Å². The number of nitrogens with zero attached hydrogens (tertiary/aromatic N) is 1. The normalized spacial score (nSPS) is 24.3. The molecule has 1 aliphatic carbocycles. The first-order chi connectivity index (χ1) is 10.2. The molecular formula is C18H21NS2. The van der Waals surface area contributed by atoms with Gasteiger partial charge in [0.15, 0.2) is 0 Å². The van der Waals surface area contributed by atoms with Gasteiger partial charge < -0.3 is 0 Å². The standard InChI is InChI=1S/C18H21NS2/c1-14-11-18(8-5-9-18)13-19(14)21-17-10-16(12-20-17)15-6-3-2-4-7-15/h2-4,6-7,10,12,14H,5,8-9,11,13H2,1H3. The van der Waals surface area contributed by atoms with Gasteiger partial charge in [-0.15, -0.1) is 11.3 Å². The molecule has 2 fully saturated rings. The van der Waals surface area contributed by atoms with Crippen molar-refractivity contribution in [2.75, 3.05) is 6.54 Å². The molecule has 21 heavy (non-hydrogen) atoms. The van der Waals surface area contributed by atoms with Crippen LogP contribution < -0.4 is 0 Å². The summed E-state index contributed by atoms with van der Waals surface area (Å²) in [4.78, 5) is 0. The summed E-state index contributed by atoms with van der Waals surface area (Å²) in [6.45, 7) is 3.68. The highest BCUT2D eigenvalue weighted by Gasteiger charge is 2.46. The van der Waals surface area contributed by atoms with Crippen molar-refractivity contribution in [2.45, 2.75) is 42.9 Å². The fraction of sp³-hybridized carbons (Fsp3) is 0.444. The van der Waals surface area contributed by atoms with E-state index in [1.165, 1.54) is 47.6 Å². The molecule has 2 aromatic rings. The zero-order valence-corrected chi connectivity index (χ0v) is 14.1. The van der Waals surface area contributed by atoms with Crippen molar-refractivity contribution in [2.24, 2.45) is 5.41 Å². The number of rotatable bonds is 3. The maximum Gasteiger partial charge on any atom is 0.0760 e. The van der Waals surface area contributed by atoms with Gasteiger partial charge in [-0.2, -0.15) is 0 Å². The Balaban J connectivity index is 1.47. The highest BCUT2D eigenvalue weighted by atomic mass is 32.2. The van der Waals surface area contributed by atoms with Crippen LogP contribution in [0, 0.1) is 5.41 Å². The van der Waals surface area contributed by atoms with E-state index in [0.717, 1.165) is 6.04 Å². The van der Waals surface area contributed by atoms with E-state index < -0.39 is 0 Å². The number of benzene rings is 1. The van der Waals surface area contributed by atoms with E-state index in [4.69, 9.17) is 0 Å². The minimum Gasteiger partial charge on any atom is -0.242 e. The summed E-state index contributed by atoms with van der Waals surface area (Å²) in [6.07, 6.45) is 5.75. The maximum absolute atomic E-state index is 2.62. The van der Waals surface area contributed by atoms with Gasteiger partial charge in [0.25, 0.3) is 0 Å². The molecule has 1 unspecified atom stereocenters. The minimum absolute atomic E-state index is 0.673. The molecule has 0 radical (unpaired) electrons. The molecule has 1 nitrogen and oxygen atoms in total. The summed E-state index contributed by atoms with van der Waals surface area (Å²) in [5.41, 5.74) is 3.35. The summed E-state index contributed by atoms with van der Waals surface area (Å²) in [5.74, 6) is 0. The Morgan fingerprint density at radius 1 is 1.19 bits per heavy atom. The lowest BCUT2D eigenvalue weighted by Crippen LogP contribution is -2.31. The Morgan fingerprint density at radius 3 is 2.67 bits per heavy atom. The van der Waals surface area contributed by atoms with Crippen LogP contribution >= 0.6 is 23.3 Å². The van der Waals surface area contributed by atoms with E-state index in [-0.39, 0.29) is 0 Å². The molecule has 0 amide bonds.